The first-order valence-corrected chi connectivity index (χ1v) is 5.80. The van der Waals surface area contributed by atoms with Crippen LogP contribution in [0.5, 0.6) is 0 Å². The maximum atomic E-state index is 11.6. The zero-order valence-corrected chi connectivity index (χ0v) is 10.6. The third-order valence-corrected chi connectivity index (χ3v) is 2.72. The van der Waals surface area contributed by atoms with E-state index < -0.39 is 4.32 Å². The van der Waals surface area contributed by atoms with E-state index >= 15 is 0 Å². The van der Waals surface area contributed by atoms with Crippen LogP contribution in [0.15, 0.2) is 0 Å². The number of rotatable bonds is 2. The van der Waals surface area contributed by atoms with E-state index in [4.69, 9.17) is 4.74 Å². The molecule has 0 spiro atoms. The Morgan fingerprint density at radius 2 is 2.21 bits per heavy atom. The van der Waals surface area contributed by atoms with Gasteiger partial charge in [0.2, 0.25) is 5.91 Å². The highest BCUT2D eigenvalue weighted by Gasteiger charge is 2.28. The normalized spacial score (nSPS) is 28.6. The first kappa shape index (κ1) is 12.0. The monoisotopic (exact) mass is 263 g/mol. The van der Waals surface area contributed by atoms with Gasteiger partial charge in [-0.15, -0.1) is 0 Å². The molecule has 0 saturated carbocycles. The van der Waals surface area contributed by atoms with E-state index in [1.807, 2.05) is 20.8 Å². The second-order valence-corrected chi connectivity index (χ2v) is 6.33. The molecule has 2 atom stereocenters. The molecule has 82 valence electrons. The fourth-order valence-electron chi connectivity index (χ4n) is 1.49. The quantitative estimate of drug-likeness (QED) is 0.773. The zero-order valence-electron chi connectivity index (χ0n) is 8.97. The first-order valence-electron chi connectivity index (χ1n) is 5.01. The Hall–Kier alpha value is -0.0900. The van der Waals surface area contributed by atoms with Crippen molar-refractivity contribution in [2.75, 3.05) is 6.61 Å². The number of carbonyl (C=O) groups is 1. The molecule has 4 heteroatoms. The minimum absolute atomic E-state index is 0.0524. The van der Waals surface area contributed by atoms with Gasteiger partial charge < -0.3 is 10.1 Å². The third kappa shape index (κ3) is 3.58. The summed E-state index contributed by atoms with van der Waals surface area (Å²) in [6.45, 7) is 6.49. The lowest BCUT2D eigenvalue weighted by Crippen LogP contribution is -2.47. The summed E-state index contributed by atoms with van der Waals surface area (Å²) in [7, 11) is 0. The van der Waals surface area contributed by atoms with E-state index in [0.717, 1.165) is 19.4 Å². The molecule has 1 amide bonds. The van der Waals surface area contributed by atoms with Gasteiger partial charge in [-0.3, -0.25) is 4.79 Å². The maximum absolute atomic E-state index is 11.6. The third-order valence-electron chi connectivity index (χ3n) is 2.36. The predicted molar refractivity (Wildman–Crippen MR) is 59.6 cm³/mol. The SMILES string of the molecule is CC1CC(NC(=O)C(C)(C)Br)CCO1. The van der Waals surface area contributed by atoms with Crippen LogP contribution in [0.3, 0.4) is 0 Å². The van der Waals surface area contributed by atoms with E-state index in [9.17, 15) is 4.79 Å². The molecule has 1 N–H and O–H groups in total. The molecular weight excluding hydrogens is 246 g/mol. The Kier molecular flexibility index (Phi) is 3.95. The summed E-state index contributed by atoms with van der Waals surface area (Å²) in [5.74, 6) is 0.0524. The summed E-state index contributed by atoms with van der Waals surface area (Å²) in [4.78, 5) is 11.6. The topological polar surface area (TPSA) is 38.3 Å². The van der Waals surface area contributed by atoms with E-state index in [1.165, 1.54) is 0 Å². The van der Waals surface area contributed by atoms with Crippen LogP contribution < -0.4 is 5.32 Å². The predicted octanol–water partition coefficient (Wildman–Crippen LogP) is 1.84. The van der Waals surface area contributed by atoms with Gasteiger partial charge in [0.15, 0.2) is 0 Å². The molecule has 1 aliphatic rings. The van der Waals surface area contributed by atoms with Crippen LogP contribution in [0.2, 0.25) is 0 Å². The number of hydrogen-bond acceptors (Lipinski definition) is 2. The Labute approximate surface area is 93.7 Å². The number of hydrogen-bond donors (Lipinski definition) is 1. The summed E-state index contributed by atoms with van der Waals surface area (Å²) in [6.07, 6.45) is 2.08. The van der Waals surface area contributed by atoms with Gasteiger partial charge in [0.25, 0.3) is 0 Å². The Morgan fingerprint density at radius 3 is 2.71 bits per heavy atom. The molecule has 0 bridgehead atoms. The van der Waals surface area contributed by atoms with E-state index in [2.05, 4.69) is 21.2 Å². The van der Waals surface area contributed by atoms with Gasteiger partial charge in [-0.1, -0.05) is 15.9 Å². The van der Waals surface area contributed by atoms with Crippen LogP contribution in [0, 0.1) is 0 Å². The van der Waals surface area contributed by atoms with Gasteiger partial charge in [-0.05, 0) is 33.6 Å². The van der Waals surface area contributed by atoms with Crippen LogP contribution in [0.25, 0.3) is 0 Å². The molecule has 0 aromatic carbocycles. The number of nitrogens with one attached hydrogen (secondary N) is 1. The van der Waals surface area contributed by atoms with Crippen LogP contribution in [-0.4, -0.2) is 29.0 Å². The van der Waals surface area contributed by atoms with Crippen molar-refractivity contribution >= 4 is 21.8 Å². The van der Waals surface area contributed by atoms with Crippen molar-refractivity contribution in [3.05, 3.63) is 0 Å². The summed E-state index contributed by atoms with van der Waals surface area (Å²) in [6, 6.07) is 0.267. The van der Waals surface area contributed by atoms with Crippen LogP contribution in [0.1, 0.15) is 33.6 Å². The minimum atomic E-state index is -0.478. The van der Waals surface area contributed by atoms with Gasteiger partial charge >= 0.3 is 0 Å². The van der Waals surface area contributed by atoms with Crippen LogP contribution in [-0.2, 0) is 9.53 Å². The highest BCUT2D eigenvalue weighted by Crippen LogP contribution is 2.18. The van der Waals surface area contributed by atoms with Crippen molar-refractivity contribution in [1.29, 1.82) is 0 Å². The lowest BCUT2D eigenvalue weighted by atomic mass is 10.0. The van der Waals surface area contributed by atoms with Gasteiger partial charge in [-0.2, -0.15) is 0 Å². The van der Waals surface area contributed by atoms with E-state index in [0.29, 0.717) is 0 Å². The van der Waals surface area contributed by atoms with Crippen molar-refractivity contribution in [2.45, 2.75) is 50.1 Å². The van der Waals surface area contributed by atoms with Crippen molar-refractivity contribution in [2.24, 2.45) is 0 Å². The van der Waals surface area contributed by atoms with Gasteiger partial charge in [0.1, 0.15) is 0 Å². The van der Waals surface area contributed by atoms with Crippen molar-refractivity contribution < 1.29 is 9.53 Å². The number of amides is 1. The molecule has 0 aromatic heterocycles. The zero-order chi connectivity index (χ0) is 10.8. The van der Waals surface area contributed by atoms with Gasteiger partial charge in [0.05, 0.1) is 10.4 Å². The summed E-state index contributed by atoms with van der Waals surface area (Å²) >= 11 is 3.34. The number of alkyl halides is 1. The highest BCUT2D eigenvalue weighted by molar-refractivity contribution is 9.10. The first-order chi connectivity index (χ1) is 6.39. The fourth-order valence-corrected chi connectivity index (χ4v) is 1.60. The number of halogens is 1. The summed E-state index contributed by atoms with van der Waals surface area (Å²) in [5, 5.41) is 3.02. The maximum Gasteiger partial charge on any atom is 0.236 e. The van der Waals surface area contributed by atoms with Crippen LogP contribution >= 0.6 is 15.9 Å². The molecule has 1 rings (SSSR count). The van der Waals surface area contributed by atoms with Crippen molar-refractivity contribution in [3.63, 3.8) is 0 Å². The molecule has 0 radical (unpaired) electrons. The van der Waals surface area contributed by atoms with Gasteiger partial charge in [-0.25, -0.2) is 0 Å². The molecule has 1 fully saturated rings. The average Bonchev–Trinajstić information content (AvgIpc) is 2.02. The molecule has 2 unspecified atom stereocenters. The Bertz CT molecular complexity index is 213. The second-order valence-electron chi connectivity index (χ2n) is 4.35. The fraction of sp³-hybridized carbons (Fsp3) is 0.900. The average molecular weight is 264 g/mol. The molecule has 1 heterocycles. The highest BCUT2D eigenvalue weighted by atomic mass is 79.9. The largest absolute Gasteiger partial charge is 0.378 e. The second kappa shape index (κ2) is 4.62. The molecule has 3 nitrogen and oxygen atoms in total. The summed E-state index contributed by atoms with van der Waals surface area (Å²) < 4.78 is 4.93. The lowest BCUT2D eigenvalue weighted by Gasteiger charge is -2.29. The van der Waals surface area contributed by atoms with Crippen molar-refractivity contribution in [1.82, 2.24) is 5.32 Å². The van der Waals surface area contributed by atoms with E-state index in [-0.39, 0.29) is 18.1 Å². The molecule has 14 heavy (non-hydrogen) atoms. The number of carbonyl (C=O) groups excluding carboxylic acids is 1. The van der Waals surface area contributed by atoms with Crippen molar-refractivity contribution in [3.8, 4) is 0 Å². The van der Waals surface area contributed by atoms with Crippen LogP contribution in [0.4, 0.5) is 0 Å². The minimum Gasteiger partial charge on any atom is -0.378 e. The molecule has 0 aromatic rings. The molecule has 1 saturated heterocycles. The number of ether oxygens (including phenoxy) is 1. The molecule has 0 aliphatic carbocycles. The lowest BCUT2D eigenvalue weighted by molar-refractivity contribution is -0.124. The smallest absolute Gasteiger partial charge is 0.236 e. The van der Waals surface area contributed by atoms with Gasteiger partial charge in [0, 0.05) is 12.6 Å². The molecular formula is C10H18BrNO2. The Morgan fingerprint density at radius 1 is 1.57 bits per heavy atom. The summed E-state index contributed by atoms with van der Waals surface area (Å²) in [5.41, 5.74) is 0. The standard InChI is InChI=1S/C10H18BrNO2/c1-7-6-8(4-5-14-7)12-9(13)10(2,3)11/h7-8H,4-6H2,1-3H3,(H,12,13). The van der Waals surface area contributed by atoms with E-state index in [1.54, 1.807) is 0 Å². The molecule has 1 aliphatic heterocycles. The Balaban J connectivity index is 2.40.